The standard InChI is InChI=1S/C12H17IN2/c13-9-1-5-11(6-2-9)15-12-7-3-10(14)4-8-12/h1-2,5-6,10,12,15H,3-4,7-8,14H2. The Morgan fingerprint density at radius 3 is 2.27 bits per heavy atom. The van der Waals surface area contributed by atoms with Crippen molar-refractivity contribution in [3.8, 4) is 0 Å². The molecule has 0 unspecified atom stereocenters. The molecule has 0 aromatic heterocycles. The van der Waals surface area contributed by atoms with E-state index < -0.39 is 0 Å². The molecule has 3 N–H and O–H groups in total. The molecule has 15 heavy (non-hydrogen) atoms. The molecule has 3 heteroatoms. The molecular weight excluding hydrogens is 299 g/mol. The minimum Gasteiger partial charge on any atom is -0.382 e. The van der Waals surface area contributed by atoms with Gasteiger partial charge < -0.3 is 11.1 Å². The van der Waals surface area contributed by atoms with Crippen molar-refractivity contribution in [3.63, 3.8) is 0 Å². The van der Waals surface area contributed by atoms with Crippen molar-refractivity contribution >= 4 is 28.3 Å². The van der Waals surface area contributed by atoms with Gasteiger partial charge in [0.2, 0.25) is 0 Å². The number of halogens is 1. The Kier molecular flexibility index (Phi) is 3.86. The summed E-state index contributed by atoms with van der Waals surface area (Å²) in [4.78, 5) is 0. The molecule has 0 heterocycles. The van der Waals surface area contributed by atoms with Gasteiger partial charge in [-0.3, -0.25) is 0 Å². The number of anilines is 1. The third kappa shape index (κ3) is 3.34. The quantitative estimate of drug-likeness (QED) is 0.823. The maximum Gasteiger partial charge on any atom is 0.0343 e. The van der Waals surface area contributed by atoms with E-state index in [4.69, 9.17) is 5.73 Å². The fourth-order valence-electron chi connectivity index (χ4n) is 2.05. The number of benzene rings is 1. The van der Waals surface area contributed by atoms with Gasteiger partial charge in [0.1, 0.15) is 0 Å². The molecule has 1 aromatic rings. The van der Waals surface area contributed by atoms with Crippen LogP contribution in [0.25, 0.3) is 0 Å². The van der Waals surface area contributed by atoms with Crippen LogP contribution in [0.5, 0.6) is 0 Å². The average Bonchev–Trinajstić information content (AvgIpc) is 2.25. The van der Waals surface area contributed by atoms with Crippen LogP contribution in [-0.2, 0) is 0 Å². The molecule has 1 aliphatic rings. The lowest BCUT2D eigenvalue weighted by molar-refractivity contribution is 0.411. The second-order valence-corrected chi connectivity index (χ2v) is 5.51. The molecule has 2 nitrogen and oxygen atoms in total. The van der Waals surface area contributed by atoms with Gasteiger partial charge in [-0.05, 0) is 72.5 Å². The highest BCUT2D eigenvalue weighted by Gasteiger charge is 2.17. The molecule has 0 spiro atoms. The molecule has 1 aliphatic carbocycles. The van der Waals surface area contributed by atoms with Gasteiger partial charge in [0.05, 0.1) is 0 Å². The fourth-order valence-corrected chi connectivity index (χ4v) is 2.40. The molecule has 82 valence electrons. The van der Waals surface area contributed by atoms with Gasteiger partial charge in [-0.25, -0.2) is 0 Å². The van der Waals surface area contributed by atoms with E-state index in [0.717, 1.165) is 12.8 Å². The largest absolute Gasteiger partial charge is 0.382 e. The van der Waals surface area contributed by atoms with E-state index in [9.17, 15) is 0 Å². The van der Waals surface area contributed by atoms with Gasteiger partial charge in [0.25, 0.3) is 0 Å². The minimum atomic E-state index is 0.430. The zero-order valence-electron chi connectivity index (χ0n) is 8.75. The summed E-state index contributed by atoms with van der Waals surface area (Å²) in [6.07, 6.45) is 4.71. The lowest BCUT2D eigenvalue weighted by Crippen LogP contribution is -2.32. The predicted molar refractivity (Wildman–Crippen MR) is 73.0 cm³/mol. The highest BCUT2D eigenvalue weighted by atomic mass is 127. The second kappa shape index (κ2) is 5.16. The van der Waals surface area contributed by atoms with E-state index >= 15 is 0 Å². The van der Waals surface area contributed by atoms with Gasteiger partial charge in [0, 0.05) is 21.3 Å². The molecular formula is C12H17IN2. The molecule has 0 radical (unpaired) electrons. The predicted octanol–water partition coefficient (Wildman–Crippen LogP) is 2.97. The van der Waals surface area contributed by atoms with Crippen molar-refractivity contribution in [2.75, 3.05) is 5.32 Å². The molecule has 1 aromatic carbocycles. The summed E-state index contributed by atoms with van der Waals surface area (Å²) in [6.45, 7) is 0. The Hall–Kier alpha value is -0.290. The SMILES string of the molecule is NC1CCC(Nc2ccc(I)cc2)CC1. The number of hydrogen-bond acceptors (Lipinski definition) is 2. The van der Waals surface area contributed by atoms with E-state index in [1.165, 1.54) is 22.1 Å². The van der Waals surface area contributed by atoms with E-state index in [1.807, 2.05) is 0 Å². The average molecular weight is 316 g/mol. The molecule has 1 saturated carbocycles. The summed E-state index contributed by atoms with van der Waals surface area (Å²) in [5.74, 6) is 0. The first-order valence-electron chi connectivity index (χ1n) is 5.52. The van der Waals surface area contributed by atoms with Gasteiger partial charge in [0.15, 0.2) is 0 Å². The van der Waals surface area contributed by atoms with Crippen LogP contribution in [-0.4, -0.2) is 12.1 Å². The van der Waals surface area contributed by atoms with E-state index in [1.54, 1.807) is 0 Å². The normalized spacial score (nSPS) is 26.3. The van der Waals surface area contributed by atoms with E-state index in [2.05, 4.69) is 52.2 Å². The first-order valence-corrected chi connectivity index (χ1v) is 6.59. The first-order chi connectivity index (χ1) is 7.24. The van der Waals surface area contributed by atoms with Crippen LogP contribution in [0.4, 0.5) is 5.69 Å². The van der Waals surface area contributed by atoms with Crippen LogP contribution in [0.15, 0.2) is 24.3 Å². The zero-order valence-corrected chi connectivity index (χ0v) is 10.9. The maximum atomic E-state index is 5.88. The minimum absolute atomic E-state index is 0.430. The molecule has 2 rings (SSSR count). The van der Waals surface area contributed by atoms with Gasteiger partial charge in [-0.2, -0.15) is 0 Å². The van der Waals surface area contributed by atoms with Crippen molar-refractivity contribution in [3.05, 3.63) is 27.8 Å². The molecule has 0 amide bonds. The van der Waals surface area contributed by atoms with Crippen LogP contribution in [0, 0.1) is 3.57 Å². The Morgan fingerprint density at radius 1 is 1.07 bits per heavy atom. The number of nitrogens with one attached hydrogen (secondary N) is 1. The zero-order chi connectivity index (χ0) is 10.7. The van der Waals surface area contributed by atoms with Gasteiger partial charge in [-0.15, -0.1) is 0 Å². The van der Waals surface area contributed by atoms with Crippen molar-refractivity contribution in [2.24, 2.45) is 5.73 Å². The lowest BCUT2D eigenvalue weighted by atomic mass is 9.92. The Balaban J connectivity index is 1.89. The molecule has 0 atom stereocenters. The van der Waals surface area contributed by atoms with Crippen LogP contribution >= 0.6 is 22.6 Å². The highest BCUT2D eigenvalue weighted by molar-refractivity contribution is 14.1. The molecule has 0 bridgehead atoms. The van der Waals surface area contributed by atoms with Crippen LogP contribution in [0.1, 0.15) is 25.7 Å². The monoisotopic (exact) mass is 316 g/mol. The molecule has 0 saturated heterocycles. The molecule has 0 aliphatic heterocycles. The number of rotatable bonds is 2. The summed E-state index contributed by atoms with van der Waals surface area (Å²) in [5, 5.41) is 3.57. The maximum absolute atomic E-state index is 5.88. The molecule has 1 fully saturated rings. The third-order valence-corrected chi connectivity index (χ3v) is 3.71. The van der Waals surface area contributed by atoms with Crippen LogP contribution in [0.3, 0.4) is 0 Å². The van der Waals surface area contributed by atoms with Crippen molar-refractivity contribution in [2.45, 2.75) is 37.8 Å². The van der Waals surface area contributed by atoms with Crippen molar-refractivity contribution in [1.29, 1.82) is 0 Å². The van der Waals surface area contributed by atoms with Crippen LogP contribution in [0.2, 0.25) is 0 Å². The van der Waals surface area contributed by atoms with Crippen LogP contribution < -0.4 is 11.1 Å². The third-order valence-electron chi connectivity index (χ3n) is 2.99. The topological polar surface area (TPSA) is 38.0 Å². The smallest absolute Gasteiger partial charge is 0.0343 e. The second-order valence-electron chi connectivity index (χ2n) is 4.26. The van der Waals surface area contributed by atoms with E-state index in [0.29, 0.717) is 12.1 Å². The summed E-state index contributed by atoms with van der Waals surface area (Å²) in [5.41, 5.74) is 7.11. The van der Waals surface area contributed by atoms with Crippen molar-refractivity contribution in [1.82, 2.24) is 0 Å². The Bertz CT molecular complexity index is 302. The number of hydrogen-bond donors (Lipinski definition) is 2. The lowest BCUT2D eigenvalue weighted by Gasteiger charge is -2.27. The summed E-state index contributed by atoms with van der Waals surface area (Å²) in [6, 6.07) is 9.62. The number of nitrogens with two attached hydrogens (primary N) is 1. The summed E-state index contributed by atoms with van der Waals surface area (Å²) >= 11 is 2.33. The van der Waals surface area contributed by atoms with Gasteiger partial charge >= 0.3 is 0 Å². The fraction of sp³-hybridized carbons (Fsp3) is 0.500. The van der Waals surface area contributed by atoms with E-state index in [-0.39, 0.29) is 0 Å². The highest BCUT2D eigenvalue weighted by Crippen LogP contribution is 2.21. The van der Waals surface area contributed by atoms with Gasteiger partial charge in [-0.1, -0.05) is 0 Å². The van der Waals surface area contributed by atoms with Crippen molar-refractivity contribution < 1.29 is 0 Å². The summed E-state index contributed by atoms with van der Waals surface area (Å²) in [7, 11) is 0. The first kappa shape index (κ1) is 11.2. The Labute approximate surface area is 105 Å². The summed E-state index contributed by atoms with van der Waals surface area (Å²) < 4.78 is 1.28. The Morgan fingerprint density at radius 2 is 1.67 bits per heavy atom.